The molecule has 2 heterocycles. The fourth-order valence-electron chi connectivity index (χ4n) is 2.28. The molecule has 0 unspecified atom stereocenters. The number of carbonyl (C=O) groups is 1. The van der Waals surface area contributed by atoms with Crippen LogP contribution in [0.1, 0.15) is 17.1 Å². The summed E-state index contributed by atoms with van der Waals surface area (Å²) in [5, 5.41) is 6.34. The highest BCUT2D eigenvalue weighted by Crippen LogP contribution is 2.27. The van der Waals surface area contributed by atoms with Gasteiger partial charge in [-0.3, -0.25) is 10.1 Å². The average Bonchev–Trinajstić information content (AvgIpc) is 3.32. The first-order valence-electron chi connectivity index (χ1n) is 8.17. The molecule has 138 valence electrons. The number of furan rings is 2. The number of rotatable bonds is 5. The van der Waals surface area contributed by atoms with Gasteiger partial charge in [0.25, 0.3) is 0 Å². The third-order valence-electron chi connectivity index (χ3n) is 3.72. The van der Waals surface area contributed by atoms with Gasteiger partial charge >= 0.3 is 0 Å². The lowest BCUT2D eigenvalue weighted by Crippen LogP contribution is -2.37. The van der Waals surface area contributed by atoms with Gasteiger partial charge in [0.15, 0.2) is 5.11 Å². The van der Waals surface area contributed by atoms with Gasteiger partial charge in [-0.2, -0.15) is 0 Å². The minimum Gasteiger partial charge on any atom is -0.467 e. The summed E-state index contributed by atoms with van der Waals surface area (Å²) in [5.41, 5.74) is 1.87. The van der Waals surface area contributed by atoms with Crippen LogP contribution in [0.4, 0.5) is 0 Å². The third kappa shape index (κ3) is 5.32. The van der Waals surface area contributed by atoms with Gasteiger partial charge in [-0.05, 0) is 61.1 Å². The molecule has 0 saturated heterocycles. The van der Waals surface area contributed by atoms with Crippen LogP contribution in [0.15, 0.2) is 63.6 Å². The highest BCUT2D eigenvalue weighted by Gasteiger charge is 2.06. The molecule has 0 fully saturated rings. The van der Waals surface area contributed by atoms with Crippen molar-refractivity contribution < 1.29 is 13.6 Å². The molecule has 2 aromatic heterocycles. The molecule has 0 atom stereocenters. The van der Waals surface area contributed by atoms with Gasteiger partial charge in [-0.25, -0.2) is 0 Å². The van der Waals surface area contributed by atoms with Crippen LogP contribution in [-0.4, -0.2) is 11.0 Å². The van der Waals surface area contributed by atoms with Gasteiger partial charge in [0.2, 0.25) is 5.91 Å². The summed E-state index contributed by atoms with van der Waals surface area (Å²) in [6, 6.07) is 12.9. The fraction of sp³-hybridized carbons (Fsp3) is 0.100. The monoisotopic (exact) mass is 400 g/mol. The number of nitrogens with one attached hydrogen (secondary N) is 2. The fourth-order valence-corrected chi connectivity index (χ4v) is 2.63. The van der Waals surface area contributed by atoms with Crippen molar-refractivity contribution in [2.24, 2.45) is 0 Å². The highest BCUT2D eigenvalue weighted by atomic mass is 35.5. The van der Waals surface area contributed by atoms with Gasteiger partial charge in [0.05, 0.1) is 12.8 Å². The minimum atomic E-state index is -0.358. The van der Waals surface area contributed by atoms with Crippen LogP contribution >= 0.6 is 23.8 Å². The molecule has 0 aliphatic carbocycles. The highest BCUT2D eigenvalue weighted by molar-refractivity contribution is 7.80. The SMILES string of the molecule is Cc1ccc(-c2ccc(/C=C/C(=O)NC(=S)NCc3ccco3)o2)cc1Cl. The Balaban J connectivity index is 1.54. The van der Waals surface area contributed by atoms with E-state index in [0.717, 1.165) is 16.9 Å². The topological polar surface area (TPSA) is 67.4 Å². The standard InChI is InChI=1S/C20H17ClN2O3S/c1-13-4-5-14(11-17(13)21)18-8-6-15(26-18)7-9-19(24)23-20(27)22-12-16-3-2-10-25-16/h2-11H,12H2,1H3,(H2,22,23,24,27)/b9-7+. The summed E-state index contributed by atoms with van der Waals surface area (Å²) in [6.45, 7) is 2.34. The Morgan fingerprint density at radius 1 is 1.26 bits per heavy atom. The maximum absolute atomic E-state index is 11.9. The van der Waals surface area contributed by atoms with Crippen molar-refractivity contribution in [2.75, 3.05) is 0 Å². The first kappa shape index (κ1) is 18.9. The average molecular weight is 401 g/mol. The lowest BCUT2D eigenvalue weighted by Gasteiger charge is -2.05. The Bertz CT molecular complexity index is 977. The molecule has 0 radical (unpaired) electrons. The van der Waals surface area contributed by atoms with E-state index in [2.05, 4.69) is 10.6 Å². The molecule has 0 aliphatic heterocycles. The number of aryl methyl sites for hydroxylation is 1. The molecule has 0 bridgehead atoms. The zero-order valence-corrected chi connectivity index (χ0v) is 16.1. The van der Waals surface area contributed by atoms with Crippen LogP contribution in [0.25, 0.3) is 17.4 Å². The van der Waals surface area contributed by atoms with E-state index in [1.54, 1.807) is 24.5 Å². The van der Waals surface area contributed by atoms with E-state index in [-0.39, 0.29) is 11.0 Å². The molecule has 0 spiro atoms. The summed E-state index contributed by atoms with van der Waals surface area (Å²) in [7, 11) is 0. The van der Waals surface area contributed by atoms with Crippen LogP contribution in [0.2, 0.25) is 5.02 Å². The van der Waals surface area contributed by atoms with Gasteiger partial charge < -0.3 is 14.2 Å². The second kappa shape index (κ2) is 8.70. The van der Waals surface area contributed by atoms with Crippen LogP contribution < -0.4 is 10.6 Å². The molecule has 0 saturated carbocycles. The second-order valence-corrected chi connectivity index (χ2v) is 6.57. The lowest BCUT2D eigenvalue weighted by atomic mass is 10.1. The molecule has 1 amide bonds. The van der Waals surface area contributed by atoms with E-state index < -0.39 is 0 Å². The molecule has 2 N–H and O–H groups in total. The number of carbonyl (C=O) groups excluding carboxylic acids is 1. The lowest BCUT2D eigenvalue weighted by molar-refractivity contribution is -0.115. The molecule has 1 aromatic carbocycles. The zero-order valence-electron chi connectivity index (χ0n) is 14.5. The van der Waals surface area contributed by atoms with Crippen LogP contribution in [0, 0.1) is 6.92 Å². The van der Waals surface area contributed by atoms with E-state index in [0.29, 0.717) is 23.1 Å². The third-order valence-corrected chi connectivity index (χ3v) is 4.38. The molecular weight excluding hydrogens is 384 g/mol. The number of hydrogen-bond acceptors (Lipinski definition) is 4. The first-order valence-corrected chi connectivity index (χ1v) is 8.95. The summed E-state index contributed by atoms with van der Waals surface area (Å²) < 4.78 is 10.9. The Labute approximate surface area is 167 Å². The number of benzene rings is 1. The van der Waals surface area contributed by atoms with Crippen molar-refractivity contribution in [1.29, 1.82) is 0 Å². The van der Waals surface area contributed by atoms with E-state index >= 15 is 0 Å². The van der Waals surface area contributed by atoms with Crippen LogP contribution in [-0.2, 0) is 11.3 Å². The van der Waals surface area contributed by atoms with E-state index in [4.69, 9.17) is 32.7 Å². The number of halogens is 1. The van der Waals surface area contributed by atoms with Crippen LogP contribution in [0.5, 0.6) is 0 Å². The molecule has 0 aliphatic rings. The molecule has 7 heteroatoms. The van der Waals surface area contributed by atoms with Crippen molar-refractivity contribution in [3.63, 3.8) is 0 Å². The first-order chi connectivity index (χ1) is 13.0. The molecule has 27 heavy (non-hydrogen) atoms. The predicted molar refractivity (Wildman–Crippen MR) is 109 cm³/mol. The number of hydrogen-bond donors (Lipinski definition) is 2. The summed E-state index contributed by atoms with van der Waals surface area (Å²) in [5.74, 6) is 1.59. The Morgan fingerprint density at radius 2 is 2.11 bits per heavy atom. The Hall–Kier alpha value is -2.83. The summed E-state index contributed by atoms with van der Waals surface area (Å²) >= 11 is 11.2. The quantitative estimate of drug-likeness (QED) is 0.479. The van der Waals surface area contributed by atoms with Gasteiger partial charge in [-0.1, -0.05) is 23.7 Å². The largest absolute Gasteiger partial charge is 0.467 e. The second-order valence-electron chi connectivity index (χ2n) is 5.75. The van der Waals surface area contributed by atoms with Crippen molar-refractivity contribution >= 4 is 40.9 Å². The van der Waals surface area contributed by atoms with Crippen molar-refractivity contribution in [3.8, 4) is 11.3 Å². The Kier molecular flexibility index (Phi) is 6.11. The van der Waals surface area contributed by atoms with Crippen molar-refractivity contribution in [3.05, 3.63) is 76.9 Å². The van der Waals surface area contributed by atoms with Crippen molar-refractivity contribution in [2.45, 2.75) is 13.5 Å². The number of amides is 1. The maximum Gasteiger partial charge on any atom is 0.250 e. The van der Waals surface area contributed by atoms with Gasteiger partial charge in [0, 0.05) is 16.7 Å². The summed E-state index contributed by atoms with van der Waals surface area (Å²) in [4.78, 5) is 11.9. The molecular formula is C20H17ClN2O3S. The van der Waals surface area contributed by atoms with E-state index in [1.165, 1.54) is 6.08 Å². The van der Waals surface area contributed by atoms with E-state index in [9.17, 15) is 4.79 Å². The van der Waals surface area contributed by atoms with Crippen molar-refractivity contribution in [1.82, 2.24) is 10.6 Å². The molecule has 3 aromatic rings. The number of thiocarbonyl (C=S) groups is 1. The predicted octanol–water partition coefficient (Wildman–Crippen LogP) is 4.71. The summed E-state index contributed by atoms with van der Waals surface area (Å²) in [6.07, 6.45) is 4.50. The van der Waals surface area contributed by atoms with Crippen LogP contribution in [0.3, 0.4) is 0 Å². The minimum absolute atomic E-state index is 0.218. The Morgan fingerprint density at radius 3 is 2.85 bits per heavy atom. The normalized spacial score (nSPS) is 10.9. The van der Waals surface area contributed by atoms with E-state index in [1.807, 2.05) is 37.3 Å². The van der Waals surface area contributed by atoms with Gasteiger partial charge in [-0.15, -0.1) is 0 Å². The zero-order chi connectivity index (χ0) is 19.2. The molecule has 3 rings (SSSR count). The smallest absolute Gasteiger partial charge is 0.250 e. The molecule has 5 nitrogen and oxygen atoms in total. The maximum atomic E-state index is 11.9. The van der Waals surface area contributed by atoms with Gasteiger partial charge in [0.1, 0.15) is 17.3 Å².